The van der Waals surface area contributed by atoms with Crippen LogP contribution in [0.5, 0.6) is 0 Å². The summed E-state index contributed by atoms with van der Waals surface area (Å²) in [5.74, 6) is 0. The van der Waals surface area contributed by atoms with Gasteiger partial charge in [-0.05, 0) is 204 Å². The van der Waals surface area contributed by atoms with Crippen LogP contribution in [0.15, 0.2) is 237 Å². The molecule has 1 aromatic heterocycles. The lowest BCUT2D eigenvalue weighted by Gasteiger charge is -2.26. The van der Waals surface area contributed by atoms with Crippen molar-refractivity contribution in [2.24, 2.45) is 0 Å². The molecule has 0 amide bonds. The molecule has 0 unspecified atom stereocenters. The van der Waals surface area contributed by atoms with E-state index in [0.29, 0.717) is 0 Å². The van der Waals surface area contributed by atoms with E-state index in [2.05, 4.69) is 302 Å². The lowest BCUT2D eigenvalue weighted by Crippen LogP contribution is -2.15. The summed E-state index contributed by atoms with van der Waals surface area (Å²) in [5, 5.41) is 0. The Kier molecular flexibility index (Phi) is 11.8. The van der Waals surface area contributed by atoms with Gasteiger partial charge in [-0.3, -0.25) is 0 Å². The molecule has 0 spiro atoms. The molecule has 10 aromatic carbocycles. The summed E-state index contributed by atoms with van der Waals surface area (Å²) in [6.07, 6.45) is 0. The summed E-state index contributed by atoms with van der Waals surface area (Å²) in [6, 6.07) is 87.7. The molecule has 2 aliphatic rings. The fourth-order valence-corrected chi connectivity index (χ4v) is 12.2. The molecule has 0 bridgehead atoms. The van der Waals surface area contributed by atoms with Gasteiger partial charge in [-0.25, -0.2) is 4.98 Å². The van der Waals surface area contributed by atoms with Crippen molar-refractivity contribution in [3.63, 3.8) is 0 Å². The topological polar surface area (TPSA) is 19.4 Å². The molecule has 0 saturated heterocycles. The summed E-state index contributed by atoms with van der Waals surface area (Å²) in [4.78, 5) is 10.1. The van der Waals surface area contributed by atoms with Gasteiger partial charge in [-0.2, -0.15) is 0 Å². The van der Waals surface area contributed by atoms with Crippen LogP contribution in [-0.4, -0.2) is 4.98 Å². The van der Waals surface area contributed by atoms with E-state index in [-0.39, 0.29) is 10.8 Å². The number of nitrogens with zero attached hydrogens (tertiary/aromatic N) is 3. The minimum absolute atomic E-state index is 0.198. The Hall–Kier alpha value is -9.05. The molecule has 0 saturated carbocycles. The van der Waals surface area contributed by atoms with E-state index in [1.807, 2.05) is 0 Å². The van der Waals surface area contributed by atoms with Crippen LogP contribution >= 0.6 is 0 Å². The molecule has 3 heteroatoms. The van der Waals surface area contributed by atoms with Gasteiger partial charge in [0, 0.05) is 56.1 Å². The maximum atomic E-state index is 5.39. The molecular weight excluding hydrogens is 943 g/mol. The van der Waals surface area contributed by atoms with Crippen molar-refractivity contribution in [3.8, 4) is 67.0 Å². The molecule has 378 valence electrons. The third-order valence-electron chi connectivity index (χ3n) is 16.8. The number of anilines is 6. The Morgan fingerprint density at radius 1 is 0.256 bits per heavy atom. The molecule has 0 fully saturated rings. The van der Waals surface area contributed by atoms with Gasteiger partial charge in [0.15, 0.2) is 0 Å². The summed E-state index contributed by atoms with van der Waals surface area (Å²) < 4.78 is 0. The third-order valence-corrected chi connectivity index (χ3v) is 16.8. The average Bonchev–Trinajstić information content (AvgIpc) is 4.09. The van der Waals surface area contributed by atoms with Crippen molar-refractivity contribution in [1.29, 1.82) is 0 Å². The minimum atomic E-state index is -0.198. The van der Waals surface area contributed by atoms with Gasteiger partial charge < -0.3 is 9.80 Å². The van der Waals surface area contributed by atoms with Gasteiger partial charge in [0.2, 0.25) is 0 Å². The molecule has 11 aromatic rings. The second-order valence-electron chi connectivity index (χ2n) is 22.8. The second-order valence-corrected chi connectivity index (χ2v) is 22.8. The van der Waals surface area contributed by atoms with Crippen molar-refractivity contribution in [2.75, 3.05) is 9.80 Å². The number of aryl methyl sites for hydroxylation is 4. The van der Waals surface area contributed by atoms with Crippen LogP contribution in [0.25, 0.3) is 67.0 Å². The smallest absolute Gasteiger partial charge is 0.0709 e. The van der Waals surface area contributed by atoms with Gasteiger partial charge in [-0.1, -0.05) is 177 Å². The van der Waals surface area contributed by atoms with E-state index in [0.717, 1.165) is 56.6 Å². The highest BCUT2D eigenvalue weighted by Crippen LogP contribution is 2.53. The van der Waals surface area contributed by atoms with Crippen molar-refractivity contribution in [2.45, 2.75) is 66.2 Å². The first kappa shape index (κ1) is 48.6. The van der Waals surface area contributed by atoms with E-state index in [1.165, 1.54) is 89.0 Å². The van der Waals surface area contributed by atoms with E-state index in [4.69, 9.17) is 4.98 Å². The molecule has 1 heterocycles. The van der Waals surface area contributed by atoms with Crippen LogP contribution in [0.2, 0.25) is 0 Å². The third kappa shape index (κ3) is 8.51. The largest absolute Gasteiger partial charge is 0.311 e. The van der Waals surface area contributed by atoms with Crippen LogP contribution in [0.3, 0.4) is 0 Å². The zero-order chi connectivity index (χ0) is 53.5. The summed E-state index contributed by atoms with van der Waals surface area (Å²) in [5.41, 5.74) is 31.1. The lowest BCUT2D eigenvalue weighted by atomic mass is 9.81. The fraction of sp³-hybridized carbons (Fsp3) is 0.133. The van der Waals surface area contributed by atoms with Crippen molar-refractivity contribution >= 4 is 34.1 Å². The van der Waals surface area contributed by atoms with E-state index < -0.39 is 0 Å². The van der Waals surface area contributed by atoms with Crippen LogP contribution in [-0.2, 0) is 10.8 Å². The predicted octanol–water partition coefficient (Wildman–Crippen LogP) is 20.5. The standard InChI is InChI=1S/C75H63N3/c1-48-12-28-58(29-13-48)77(59-30-14-49(2)15-31-59)62-36-20-52(21-37-62)54-24-40-64-66-42-26-56(46-70(66)74(5,6)68(64)44-54)72-10-9-11-73(76-72)57-27-43-67-65-41-25-55(45-69(65)75(7,8)71(67)47-57)53-22-38-63(39-23-53)78(60-32-16-50(3)17-33-60)61-34-18-51(4)19-35-61/h9-47H,1-8H3. The first-order valence-corrected chi connectivity index (χ1v) is 27.4. The first-order chi connectivity index (χ1) is 37.8. The maximum Gasteiger partial charge on any atom is 0.0709 e. The second kappa shape index (κ2) is 18.9. The molecule has 13 rings (SSSR count). The van der Waals surface area contributed by atoms with Gasteiger partial charge in [0.25, 0.3) is 0 Å². The Bertz CT molecular complexity index is 3710. The lowest BCUT2D eigenvalue weighted by molar-refractivity contribution is 0.660. The molecule has 0 aliphatic heterocycles. The zero-order valence-electron chi connectivity index (χ0n) is 45.9. The Balaban J connectivity index is 0.748. The van der Waals surface area contributed by atoms with Crippen LogP contribution in [0, 0.1) is 27.7 Å². The average molecular weight is 1010 g/mol. The number of hydrogen-bond acceptors (Lipinski definition) is 3. The molecule has 0 atom stereocenters. The van der Waals surface area contributed by atoms with E-state index in [1.54, 1.807) is 0 Å². The normalized spacial score (nSPS) is 13.3. The number of rotatable bonds is 10. The quantitative estimate of drug-likeness (QED) is 0.136. The number of fused-ring (bicyclic) bond motifs is 6. The zero-order valence-corrected chi connectivity index (χ0v) is 45.9. The molecule has 2 aliphatic carbocycles. The summed E-state index contributed by atoms with van der Waals surface area (Å²) in [7, 11) is 0. The summed E-state index contributed by atoms with van der Waals surface area (Å²) >= 11 is 0. The van der Waals surface area contributed by atoms with Crippen LogP contribution in [0.1, 0.15) is 72.2 Å². The van der Waals surface area contributed by atoms with Crippen molar-refractivity contribution < 1.29 is 0 Å². The maximum absolute atomic E-state index is 5.39. The SMILES string of the molecule is Cc1ccc(N(c2ccc(C)cc2)c2ccc(-c3ccc4c(c3)C(C)(C)c3cc(-c5cccc(-c6ccc7c(c6)C(C)(C)c6cc(-c8ccc(N(c9ccc(C)cc9)c9ccc(C)cc9)cc8)ccc6-7)n5)ccc3-4)cc2)cc1. The highest BCUT2D eigenvalue weighted by atomic mass is 15.1. The van der Waals surface area contributed by atoms with Crippen LogP contribution in [0.4, 0.5) is 34.1 Å². The van der Waals surface area contributed by atoms with Gasteiger partial charge in [0.05, 0.1) is 11.4 Å². The summed E-state index contributed by atoms with van der Waals surface area (Å²) in [6.45, 7) is 18.0. The fourth-order valence-electron chi connectivity index (χ4n) is 12.2. The first-order valence-electron chi connectivity index (χ1n) is 27.4. The Morgan fingerprint density at radius 3 is 0.769 bits per heavy atom. The van der Waals surface area contributed by atoms with Crippen molar-refractivity contribution in [1.82, 2.24) is 4.98 Å². The highest BCUT2D eigenvalue weighted by molar-refractivity contribution is 5.89. The Morgan fingerprint density at radius 2 is 0.487 bits per heavy atom. The molecule has 78 heavy (non-hydrogen) atoms. The molecular formula is C75H63N3. The number of pyridine rings is 1. The minimum Gasteiger partial charge on any atom is -0.311 e. The monoisotopic (exact) mass is 1010 g/mol. The number of benzene rings is 10. The number of aromatic nitrogens is 1. The van der Waals surface area contributed by atoms with Gasteiger partial charge in [0.1, 0.15) is 0 Å². The number of hydrogen-bond donors (Lipinski definition) is 0. The predicted molar refractivity (Wildman–Crippen MR) is 329 cm³/mol. The molecule has 3 nitrogen and oxygen atoms in total. The molecule has 0 N–H and O–H groups in total. The van der Waals surface area contributed by atoms with Crippen LogP contribution < -0.4 is 9.80 Å². The van der Waals surface area contributed by atoms with Gasteiger partial charge >= 0.3 is 0 Å². The van der Waals surface area contributed by atoms with Gasteiger partial charge in [-0.15, -0.1) is 0 Å². The Labute approximate surface area is 460 Å². The van der Waals surface area contributed by atoms with E-state index >= 15 is 0 Å². The molecule has 0 radical (unpaired) electrons. The van der Waals surface area contributed by atoms with Crippen molar-refractivity contribution in [3.05, 3.63) is 281 Å². The highest BCUT2D eigenvalue weighted by Gasteiger charge is 2.37. The van der Waals surface area contributed by atoms with E-state index in [9.17, 15) is 0 Å².